The van der Waals surface area contributed by atoms with E-state index in [0.717, 1.165) is 25.9 Å². The average Bonchev–Trinajstić information content (AvgIpc) is 3.42. The smallest absolute Gasteiger partial charge is 0.244 e. The topological polar surface area (TPSA) is 64.2 Å². The van der Waals surface area contributed by atoms with Crippen molar-refractivity contribution < 1.29 is 4.79 Å². The summed E-state index contributed by atoms with van der Waals surface area (Å²) in [5, 5.41) is 4.35. The van der Waals surface area contributed by atoms with Crippen LogP contribution in [-0.4, -0.2) is 40.2 Å². The molecule has 1 aromatic heterocycles. The first kappa shape index (κ1) is 16.3. The summed E-state index contributed by atoms with van der Waals surface area (Å²) in [6.07, 6.45) is 8.31. The summed E-state index contributed by atoms with van der Waals surface area (Å²) >= 11 is 0. The molecule has 5 nitrogen and oxygen atoms in total. The number of benzene rings is 1. The fourth-order valence-corrected chi connectivity index (χ4v) is 3.92. The van der Waals surface area contributed by atoms with Crippen LogP contribution >= 0.6 is 0 Å². The van der Waals surface area contributed by atoms with Crippen molar-refractivity contribution >= 4 is 5.91 Å². The van der Waals surface area contributed by atoms with Gasteiger partial charge in [-0.2, -0.15) is 5.10 Å². The molecule has 5 heteroatoms. The van der Waals surface area contributed by atoms with Gasteiger partial charge < -0.3 is 10.6 Å². The molecule has 0 atom stereocenters. The Balaban J connectivity index is 1.37. The van der Waals surface area contributed by atoms with E-state index in [1.54, 1.807) is 4.68 Å². The summed E-state index contributed by atoms with van der Waals surface area (Å²) in [6, 6.07) is 10.5. The first-order valence-electron chi connectivity index (χ1n) is 9.26. The van der Waals surface area contributed by atoms with Crippen LogP contribution in [0.3, 0.4) is 0 Å². The molecule has 1 amide bonds. The molecule has 1 saturated heterocycles. The Morgan fingerprint density at radius 1 is 1.20 bits per heavy atom. The predicted octanol–water partition coefficient (Wildman–Crippen LogP) is 2.28. The Kier molecular flexibility index (Phi) is 4.34. The van der Waals surface area contributed by atoms with Crippen molar-refractivity contribution in [2.75, 3.05) is 19.6 Å². The van der Waals surface area contributed by atoms with Gasteiger partial charge in [-0.05, 0) is 42.7 Å². The highest BCUT2D eigenvalue weighted by Gasteiger charge is 2.36. The van der Waals surface area contributed by atoms with Gasteiger partial charge in [0, 0.05) is 31.2 Å². The number of nitrogens with zero attached hydrogens (tertiary/aromatic N) is 3. The Bertz CT molecular complexity index is 727. The number of hydrogen-bond acceptors (Lipinski definition) is 3. The molecule has 1 aromatic carbocycles. The summed E-state index contributed by atoms with van der Waals surface area (Å²) in [5.41, 5.74) is 8.71. The summed E-state index contributed by atoms with van der Waals surface area (Å²) in [5.74, 6) is 0.832. The SMILES string of the molecule is NCC1(c2ccccc2)CCN(C(=O)Cn2cc(C3CC3)cn2)CC1. The van der Waals surface area contributed by atoms with E-state index in [-0.39, 0.29) is 11.3 Å². The minimum atomic E-state index is 0.00286. The zero-order valence-corrected chi connectivity index (χ0v) is 14.6. The fourth-order valence-electron chi connectivity index (χ4n) is 3.92. The van der Waals surface area contributed by atoms with Gasteiger partial charge in [0.15, 0.2) is 0 Å². The Morgan fingerprint density at radius 2 is 1.92 bits per heavy atom. The highest BCUT2D eigenvalue weighted by Crippen LogP contribution is 2.39. The number of amides is 1. The van der Waals surface area contributed by atoms with Crippen molar-refractivity contribution in [3.05, 3.63) is 53.9 Å². The van der Waals surface area contributed by atoms with Crippen LogP contribution in [0, 0.1) is 0 Å². The zero-order valence-electron chi connectivity index (χ0n) is 14.6. The first-order chi connectivity index (χ1) is 12.2. The highest BCUT2D eigenvalue weighted by molar-refractivity contribution is 5.76. The fraction of sp³-hybridized carbons (Fsp3) is 0.500. The van der Waals surface area contributed by atoms with Crippen molar-refractivity contribution in [2.45, 2.75) is 43.6 Å². The lowest BCUT2D eigenvalue weighted by atomic mass is 9.73. The second-order valence-electron chi connectivity index (χ2n) is 7.48. The molecule has 4 rings (SSSR count). The number of rotatable bonds is 5. The van der Waals surface area contributed by atoms with Crippen molar-refractivity contribution in [1.82, 2.24) is 14.7 Å². The molecule has 1 aliphatic carbocycles. The molecular formula is C20H26N4O. The van der Waals surface area contributed by atoms with Crippen LogP contribution in [0.15, 0.2) is 42.7 Å². The van der Waals surface area contributed by atoms with E-state index in [2.05, 4.69) is 29.4 Å². The van der Waals surface area contributed by atoms with E-state index in [1.165, 1.54) is 24.0 Å². The van der Waals surface area contributed by atoms with Gasteiger partial charge in [-0.15, -0.1) is 0 Å². The third kappa shape index (κ3) is 3.33. The van der Waals surface area contributed by atoms with Crippen LogP contribution < -0.4 is 5.73 Å². The molecule has 0 spiro atoms. The molecule has 25 heavy (non-hydrogen) atoms. The van der Waals surface area contributed by atoms with Gasteiger partial charge in [0.1, 0.15) is 6.54 Å². The van der Waals surface area contributed by atoms with Crippen LogP contribution in [0.25, 0.3) is 0 Å². The lowest BCUT2D eigenvalue weighted by molar-refractivity contribution is -0.133. The maximum absolute atomic E-state index is 12.6. The van der Waals surface area contributed by atoms with E-state index in [4.69, 9.17) is 5.73 Å². The summed E-state index contributed by atoms with van der Waals surface area (Å²) in [6.45, 7) is 2.50. The maximum atomic E-state index is 12.6. The maximum Gasteiger partial charge on any atom is 0.244 e. The largest absolute Gasteiger partial charge is 0.341 e. The van der Waals surface area contributed by atoms with E-state index >= 15 is 0 Å². The van der Waals surface area contributed by atoms with Gasteiger partial charge in [-0.3, -0.25) is 9.48 Å². The molecule has 2 fully saturated rings. The first-order valence-corrected chi connectivity index (χ1v) is 9.26. The molecule has 2 heterocycles. The molecule has 0 unspecified atom stereocenters. The van der Waals surface area contributed by atoms with Gasteiger partial charge in [0.05, 0.1) is 6.20 Å². The molecular weight excluding hydrogens is 312 g/mol. The lowest BCUT2D eigenvalue weighted by Crippen LogP contribution is -2.49. The van der Waals surface area contributed by atoms with Crippen LogP contribution in [0.1, 0.15) is 42.7 Å². The highest BCUT2D eigenvalue weighted by atomic mass is 16.2. The third-order valence-electron chi connectivity index (χ3n) is 5.85. The number of nitrogens with two attached hydrogens (primary N) is 1. The summed E-state index contributed by atoms with van der Waals surface area (Å²) in [4.78, 5) is 14.6. The molecule has 1 saturated carbocycles. The third-order valence-corrected chi connectivity index (χ3v) is 5.85. The standard InChI is InChI=1S/C20H26N4O/c21-15-20(18-4-2-1-3-5-18)8-10-23(11-9-20)19(25)14-24-13-17(12-22-24)16-6-7-16/h1-5,12-13,16H,6-11,14-15,21H2. The zero-order chi connectivity index (χ0) is 17.3. The van der Waals surface area contributed by atoms with Crippen LogP contribution in [0.4, 0.5) is 0 Å². The second kappa shape index (κ2) is 6.64. The number of carbonyl (C=O) groups excluding carboxylic acids is 1. The number of carbonyl (C=O) groups is 1. The Hall–Kier alpha value is -2.14. The van der Waals surface area contributed by atoms with Crippen LogP contribution in [-0.2, 0) is 16.8 Å². The van der Waals surface area contributed by atoms with Gasteiger partial charge in [0.2, 0.25) is 5.91 Å². The van der Waals surface area contributed by atoms with E-state index in [0.29, 0.717) is 19.0 Å². The minimum Gasteiger partial charge on any atom is -0.341 e. The molecule has 1 aliphatic heterocycles. The number of aromatic nitrogens is 2. The summed E-state index contributed by atoms with van der Waals surface area (Å²) < 4.78 is 1.79. The van der Waals surface area contributed by atoms with E-state index < -0.39 is 0 Å². The minimum absolute atomic E-state index is 0.00286. The Labute approximate surface area is 148 Å². The van der Waals surface area contributed by atoms with Crippen molar-refractivity contribution in [3.8, 4) is 0 Å². The molecule has 2 aliphatic rings. The lowest BCUT2D eigenvalue weighted by Gasteiger charge is -2.41. The van der Waals surface area contributed by atoms with Gasteiger partial charge in [-0.25, -0.2) is 0 Å². The Morgan fingerprint density at radius 3 is 2.56 bits per heavy atom. The predicted molar refractivity (Wildman–Crippen MR) is 97.2 cm³/mol. The molecule has 132 valence electrons. The summed E-state index contributed by atoms with van der Waals surface area (Å²) in [7, 11) is 0. The van der Waals surface area contributed by atoms with Gasteiger partial charge in [0.25, 0.3) is 0 Å². The van der Waals surface area contributed by atoms with Crippen LogP contribution in [0.5, 0.6) is 0 Å². The average molecular weight is 338 g/mol. The van der Waals surface area contributed by atoms with Crippen LogP contribution in [0.2, 0.25) is 0 Å². The molecule has 0 bridgehead atoms. The van der Waals surface area contributed by atoms with E-state index in [9.17, 15) is 4.79 Å². The second-order valence-corrected chi connectivity index (χ2v) is 7.48. The molecule has 0 radical (unpaired) electrons. The van der Waals surface area contributed by atoms with Gasteiger partial charge in [-0.1, -0.05) is 30.3 Å². The van der Waals surface area contributed by atoms with Gasteiger partial charge >= 0.3 is 0 Å². The van der Waals surface area contributed by atoms with Crippen molar-refractivity contribution in [1.29, 1.82) is 0 Å². The van der Waals surface area contributed by atoms with E-state index in [1.807, 2.05) is 23.4 Å². The monoisotopic (exact) mass is 338 g/mol. The molecule has 2 N–H and O–H groups in total. The quantitative estimate of drug-likeness (QED) is 0.910. The van der Waals surface area contributed by atoms with Crippen molar-refractivity contribution in [3.63, 3.8) is 0 Å². The van der Waals surface area contributed by atoms with Crippen molar-refractivity contribution in [2.24, 2.45) is 5.73 Å². The normalized spacial score (nSPS) is 19.8. The number of piperidine rings is 1. The molecule has 2 aromatic rings. The number of hydrogen-bond donors (Lipinski definition) is 1. The number of likely N-dealkylation sites (tertiary alicyclic amines) is 1.